The van der Waals surface area contributed by atoms with E-state index in [1.807, 2.05) is 0 Å². The zero-order chi connectivity index (χ0) is 16.9. The second-order valence-electron chi connectivity index (χ2n) is 5.58. The Morgan fingerprint density at radius 1 is 1.26 bits per heavy atom. The zero-order valence-corrected chi connectivity index (χ0v) is 14.5. The Bertz CT molecular complexity index is 849. The van der Waals surface area contributed by atoms with Crippen LogP contribution in [-0.2, 0) is 26.0 Å². The molecule has 3 rings (SSSR count). The maximum Gasteiger partial charge on any atom is 0.256 e. The van der Waals surface area contributed by atoms with E-state index in [0.29, 0.717) is 10.0 Å². The standard InChI is InChI=1S/C14H13BrN2O5S/c1-23(21,22)12-8(15)3-2-7-6-17(14(20)11(7)12)9-4-5-10(18)16-13(9)19/h2-3,9H,4-6H2,1H3,(H,16,18,19). The number of sulfone groups is 1. The van der Waals surface area contributed by atoms with Crippen molar-refractivity contribution in [2.24, 2.45) is 0 Å². The van der Waals surface area contributed by atoms with Crippen molar-refractivity contribution < 1.29 is 22.8 Å². The first-order chi connectivity index (χ1) is 10.7. The summed E-state index contributed by atoms with van der Waals surface area (Å²) in [5, 5.41) is 2.21. The number of carbonyl (C=O) groups excluding carboxylic acids is 3. The molecule has 0 aromatic heterocycles. The number of hydrogen-bond donors (Lipinski definition) is 1. The molecule has 3 amide bonds. The lowest BCUT2D eigenvalue weighted by Crippen LogP contribution is -2.52. The van der Waals surface area contributed by atoms with Crippen molar-refractivity contribution in [2.45, 2.75) is 30.3 Å². The molecule has 0 spiro atoms. The Morgan fingerprint density at radius 3 is 2.57 bits per heavy atom. The Balaban J connectivity index is 2.04. The molecule has 1 aromatic carbocycles. The van der Waals surface area contributed by atoms with Gasteiger partial charge in [0.1, 0.15) is 6.04 Å². The minimum atomic E-state index is -3.62. The monoisotopic (exact) mass is 400 g/mol. The Kier molecular flexibility index (Phi) is 3.80. The van der Waals surface area contributed by atoms with Gasteiger partial charge < -0.3 is 4.90 Å². The molecule has 9 heteroatoms. The van der Waals surface area contributed by atoms with Crippen molar-refractivity contribution >= 4 is 43.5 Å². The van der Waals surface area contributed by atoms with E-state index in [-0.39, 0.29) is 35.8 Å². The van der Waals surface area contributed by atoms with Crippen LogP contribution in [0.2, 0.25) is 0 Å². The second kappa shape index (κ2) is 5.41. The predicted octanol–water partition coefficient (Wildman–Crippen LogP) is 0.614. The number of amides is 3. The van der Waals surface area contributed by atoms with Gasteiger partial charge in [-0.05, 0) is 34.0 Å². The van der Waals surface area contributed by atoms with E-state index in [2.05, 4.69) is 21.2 Å². The third kappa shape index (κ3) is 2.67. The summed E-state index contributed by atoms with van der Waals surface area (Å²) in [5.74, 6) is -1.39. The average molecular weight is 401 g/mol. The van der Waals surface area contributed by atoms with E-state index in [9.17, 15) is 22.8 Å². The first kappa shape index (κ1) is 16.1. The minimum absolute atomic E-state index is 0.0604. The third-order valence-corrected chi connectivity index (χ3v) is 6.06. The number of halogens is 1. The van der Waals surface area contributed by atoms with Crippen molar-refractivity contribution in [3.05, 3.63) is 27.7 Å². The van der Waals surface area contributed by atoms with Gasteiger partial charge in [0.2, 0.25) is 11.8 Å². The van der Waals surface area contributed by atoms with Crippen molar-refractivity contribution in [3.63, 3.8) is 0 Å². The summed E-state index contributed by atoms with van der Waals surface area (Å²) in [4.78, 5) is 37.2. The van der Waals surface area contributed by atoms with Gasteiger partial charge in [-0.15, -0.1) is 0 Å². The van der Waals surface area contributed by atoms with Crippen LogP contribution in [0.5, 0.6) is 0 Å². The normalized spacial score (nSPS) is 21.4. The summed E-state index contributed by atoms with van der Waals surface area (Å²) in [7, 11) is -3.62. The fraction of sp³-hybridized carbons (Fsp3) is 0.357. The van der Waals surface area contributed by atoms with Gasteiger partial charge in [0, 0.05) is 23.7 Å². The summed E-state index contributed by atoms with van der Waals surface area (Å²) in [6, 6.07) is 2.48. The molecule has 2 aliphatic rings. The van der Waals surface area contributed by atoms with Gasteiger partial charge in [-0.1, -0.05) is 6.07 Å². The minimum Gasteiger partial charge on any atom is -0.322 e. The molecule has 7 nitrogen and oxygen atoms in total. The van der Waals surface area contributed by atoms with Crippen molar-refractivity contribution in [2.75, 3.05) is 6.26 Å². The van der Waals surface area contributed by atoms with E-state index in [4.69, 9.17) is 0 Å². The zero-order valence-electron chi connectivity index (χ0n) is 12.1. The fourth-order valence-corrected chi connectivity index (χ4v) is 5.18. The quantitative estimate of drug-likeness (QED) is 0.733. The number of carbonyl (C=O) groups is 3. The summed E-state index contributed by atoms with van der Waals surface area (Å²) in [6.07, 6.45) is 1.42. The number of nitrogens with zero attached hydrogens (tertiary/aromatic N) is 1. The van der Waals surface area contributed by atoms with E-state index >= 15 is 0 Å². The molecule has 2 aliphatic heterocycles. The van der Waals surface area contributed by atoms with Crippen LogP contribution in [-0.4, -0.2) is 43.3 Å². The highest BCUT2D eigenvalue weighted by atomic mass is 79.9. The highest BCUT2D eigenvalue weighted by molar-refractivity contribution is 9.10. The highest BCUT2D eigenvalue weighted by Crippen LogP contribution is 2.35. The molecule has 1 fully saturated rings. The number of fused-ring (bicyclic) bond motifs is 1. The molecule has 0 bridgehead atoms. The van der Waals surface area contributed by atoms with Crippen LogP contribution in [0.4, 0.5) is 0 Å². The van der Waals surface area contributed by atoms with Gasteiger partial charge in [-0.25, -0.2) is 8.42 Å². The van der Waals surface area contributed by atoms with Gasteiger partial charge in [-0.3, -0.25) is 19.7 Å². The van der Waals surface area contributed by atoms with Gasteiger partial charge >= 0.3 is 0 Å². The molecule has 1 N–H and O–H groups in total. The maximum absolute atomic E-state index is 12.7. The summed E-state index contributed by atoms with van der Waals surface area (Å²) < 4.78 is 24.4. The molecule has 0 aliphatic carbocycles. The van der Waals surface area contributed by atoms with Crippen LogP contribution in [0.25, 0.3) is 0 Å². The highest BCUT2D eigenvalue weighted by Gasteiger charge is 2.41. The first-order valence-electron chi connectivity index (χ1n) is 6.86. The fourth-order valence-electron chi connectivity index (χ4n) is 2.96. The van der Waals surface area contributed by atoms with Crippen LogP contribution in [0.15, 0.2) is 21.5 Å². The summed E-state index contributed by atoms with van der Waals surface area (Å²) >= 11 is 3.17. The maximum atomic E-state index is 12.7. The number of nitrogens with one attached hydrogen (secondary N) is 1. The predicted molar refractivity (Wildman–Crippen MR) is 83.3 cm³/mol. The Hall–Kier alpha value is -1.74. The number of piperidine rings is 1. The molecular formula is C14H13BrN2O5S. The number of hydrogen-bond acceptors (Lipinski definition) is 5. The lowest BCUT2D eigenvalue weighted by Gasteiger charge is -2.29. The lowest BCUT2D eigenvalue weighted by molar-refractivity contribution is -0.136. The molecule has 1 aromatic rings. The van der Waals surface area contributed by atoms with Gasteiger partial charge in [0.05, 0.1) is 10.5 Å². The van der Waals surface area contributed by atoms with Gasteiger partial charge in [-0.2, -0.15) is 0 Å². The second-order valence-corrected chi connectivity index (χ2v) is 8.39. The van der Waals surface area contributed by atoms with Crippen molar-refractivity contribution in [1.82, 2.24) is 10.2 Å². The van der Waals surface area contributed by atoms with E-state index in [0.717, 1.165) is 6.26 Å². The van der Waals surface area contributed by atoms with Crippen LogP contribution in [0.1, 0.15) is 28.8 Å². The molecule has 0 saturated carbocycles. The van der Waals surface area contributed by atoms with Crippen LogP contribution >= 0.6 is 15.9 Å². The van der Waals surface area contributed by atoms with Crippen LogP contribution in [0, 0.1) is 0 Å². The first-order valence-corrected chi connectivity index (χ1v) is 9.54. The molecule has 1 saturated heterocycles. The molecule has 1 atom stereocenters. The molecule has 2 heterocycles. The van der Waals surface area contributed by atoms with E-state index in [1.165, 1.54) is 4.90 Å². The molecular weight excluding hydrogens is 388 g/mol. The van der Waals surface area contributed by atoms with Crippen LogP contribution in [0.3, 0.4) is 0 Å². The molecule has 23 heavy (non-hydrogen) atoms. The largest absolute Gasteiger partial charge is 0.322 e. The Morgan fingerprint density at radius 2 is 1.96 bits per heavy atom. The van der Waals surface area contributed by atoms with E-state index < -0.39 is 27.7 Å². The topological polar surface area (TPSA) is 101 Å². The van der Waals surface area contributed by atoms with Crippen molar-refractivity contribution in [3.8, 4) is 0 Å². The molecule has 0 radical (unpaired) electrons. The lowest BCUT2D eigenvalue weighted by atomic mass is 10.0. The average Bonchev–Trinajstić information content (AvgIpc) is 2.75. The smallest absolute Gasteiger partial charge is 0.256 e. The number of rotatable bonds is 2. The Labute approximate surface area is 141 Å². The van der Waals surface area contributed by atoms with E-state index in [1.54, 1.807) is 12.1 Å². The summed E-state index contributed by atoms with van der Waals surface area (Å²) in [5.41, 5.74) is 0.662. The third-order valence-electron chi connectivity index (χ3n) is 3.97. The van der Waals surface area contributed by atoms with Gasteiger partial charge in [0.15, 0.2) is 9.84 Å². The van der Waals surface area contributed by atoms with Gasteiger partial charge in [0.25, 0.3) is 5.91 Å². The van der Waals surface area contributed by atoms with Crippen LogP contribution < -0.4 is 5.32 Å². The molecule has 122 valence electrons. The van der Waals surface area contributed by atoms with Crippen molar-refractivity contribution in [1.29, 1.82) is 0 Å². The summed E-state index contributed by atoms with van der Waals surface area (Å²) in [6.45, 7) is 0.149. The number of imide groups is 1. The molecule has 1 unspecified atom stereocenters. The SMILES string of the molecule is CS(=O)(=O)c1c(Br)ccc2c1C(=O)N(C1CCC(=O)NC1=O)C2. The number of benzene rings is 1.